The van der Waals surface area contributed by atoms with Gasteiger partial charge in [0.05, 0.1) is 0 Å². The molecule has 86 valence electrons. The van der Waals surface area contributed by atoms with Crippen LogP contribution < -0.4 is 10.6 Å². The van der Waals surface area contributed by atoms with E-state index in [0.29, 0.717) is 0 Å². The molecular weight excluding hydrogens is 200 g/mol. The van der Waals surface area contributed by atoms with Gasteiger partial charge in [-0.25, -0.2) is 9.97 Å². The van der Waals surface area contributed by atoms with Crippen LogP contribution >= 0.6 is 0 Å². The van der Waals surface area contributed by atoms with Crippen LogP contribution in [0.1, 0.15) is 31.0 Å². The van der Waals surface area contributed by atoms with Crippen molar-refractivity contribution in [3.8, 4) is 0 Å². The van der Waals surface area contributed by atoms with Crippen LogP contribution in [0, 0.1) is 0 Å². The smallest absolute Gasteiger partial charge is 0.135 e. The predicted molar refractivity (Wildman–Crippen MR) is 63.5 cm³/mol. The first-order valence-electron chi connectivity index (χ1n) is 6.02. The summed E-state index contributed by atoms with van der Waals surface area (Å²) in [7, 11) is 0. The molecule has 0 amide bonds. The molecule has 1 fully saturated rings. The Morgan fingerprint density at radius 3 is 2.75 bits per heavy atom. The van der Waals surface area contributed by atoms with E-state index in [2.05, 4.69) is 21.8 Å². The molecule has 1 aliphatic heterocycles. The van der Waals surface area contributed by atoms with E-state index in [1.807, 2.05) is 0 Å². The lowest BCUT2D eigenvalue weighted by molar-refractivity contribution is 0.361. The number of fused-ring (bicyclic) bond motifs is 1. The summed E-state index contributed by atoms with van der Waals surface area (Å²) in [6.45, 7) is 3.92. The van der Waals surface area contributed by atoms with Gasteiger partial charge in [-0.2, -0.15) is 0 Å². The first kappa shape index (κ1) is 10.0. The minimum Gasteiger partial charge on any atom is -0.352 e. The lowest BCUT2D eigenvalue weighted by atomic mass is 9.91. The maximum Gasteiger partial charge on any atom is 0.135 e. The highest BCUT2D eigenvalue weighted by Crippen LogP contribution is 2.31. The Hall–Kier alpha value is -1.16. The summed E-state index contributed by atoms with van der Waals surface area (Å²) in [6, 6.07) is 0. The molecule has 2 N–H and O–H groups in total. The molecule has 0 spiro atoms. The topological polar surface area (TPSA) is 55.0 Å². The van der Waals surface area contributed by atoms with E-state index in [-0.39, 0.29) is 5.54 Å². The van der Waals surface area contributed by atoms with E-state index in [1.165, 1.54) is 24.1 Å². The normalized spacial score (nSPS) is 22.5. The van der Waals surface area contributed by atoms with Gasteiger partial charge in [0, 0.05) is 29.9 Å². The number of hydrogen-bond donors (Lipinski definition) is 1. The molecule has 0 radical (unpaired) electrons. The quantitative estimate of drug-likeness (QED) is 0.760. The molecule has 3 rings (SSSR count). The SMILES string of the molecule is CC1(N)CN(c2ncnc3c2CCCC3)C1. The lowest BCUT2D eigenvalue weighted by Gasteiger charge is -2.47. The first-order chi connectivity index (χ1) is 7.66. The second-order valence-corrected chi connectivity index (χ2v) is 5.34. The van der Waals surface area contributed by atoms with Crippen molar-refractivity contribution in [1.82, 2.24) is 9.97 Å². The van der Waals surface area contributed by atoms with Crippen LogP contribution in [-0.2, 0) is 12.8 Å². The molecule has 4 heteroatoms. The van der Waals surface area contributed by atoms with Crippen LogP contribution in [0.25, 0.3) is 0 Å². The number of aryl methyl sites for hydroxylation is 1. The highest BCUT2D eigenvalue weighted by Gasteiger charge is 2.37. The summed E-state index contributed by atoms with van der Waals surface area (Å²) in [4.78, 5) is 11.1. The standard InChI is InChI=1S/C12H18N4/c1-12(13)6-16(7-12)11-9-4-2-3-5-10(9)14-8-15-11/h8H,2-7,13H2,1H3. The van der Waals surface area contributed by atoms with E-state index in [9.17, 15) is 0 Å². The number of aromatic nitrogens is 2. The molecule has 0 unspecified atom stereocenters. The fourth-order valence-electron chi connectivity index (χ4n) is 2.75. The molecule has 1 aliphatic carbocycles. The Labute approximate surface area is 95.9 Å². The van der Waals surface area contributed by atoms with Gasteiger partial charge < -0.3 is 10.6 Å². The molecule has 0 saturated carbocycles. The average Bonchev–Trinajstić information content (AvgIpc) is 2.25. The van der Waals surface area contributed by atoms with Gasteiger partial charge in [-0.3, -0.25) is 0 Å². The zero-order chi connectivity index (χ0) is 11.2. The highest BCUT2D eigenvalue weighted by atomic mass is 15.3. The van der Waals surface area contributed by atoms with E-state index >= 15 is 0 Å². The number of hydrogen-bond acceptors (Lipinski definition) is 4. The number of rotatable bonds is 1. The van der Waals surface area contributed by atoms with Crippen LogP contribution in [0.4, 0.5) is 5.82 Å². The predicted octanol–water partition coefficient (Wildman–Crippen LogP) is 0.893. The van der Waals surface area contributed by atoms with Crippen molar-refractivity contribution in [2.24, 2.45) is 5.73 Å². The maximum atomic E-state index is 6.04. The molecule has 0 bridgehead atoms. The van der Waals surface area contributed by atoms with Crippen molar-refractivity contribution in [3.63, 3.8) is 0 Å². The average molecular weight is 218 g/mol. The zero-order valence-electron chi connectivity index (χ0n) is 9.74. The molecule has 2 aliphatic rings. The molecule has 0 atom stereocenters. The molecule has 1 saturated heterocycles. The summed E-state index contributed by atoms with van der Waals surface area (Å²) in [5, 5.41) is 0. The molecule has 4 nitrogen and oxygen atoms in total. The molecular formula is C12H18N4. The Morgan fingerprint density at radius 1 is 1.25 bits per heavy atom. The largest absolute Gasteiger partial charge is 0.352 e. The zero-order valence-corrected chi connectivity index (χ0v) is 9.74. The highest BCUT2D eigenvalue weighted by molar-refractivity contribution is 5.53. The van der Waals surface area contributed by atoms with Crippen molar-refractivity contribution in [2.45, 2.75) is 38.1 Å². The Balaban J connectivity index is 1.90. The molecule has 16 heavy (non-hydrogen) atoms. The fourth-order valence-corrected chi connectivity index (χ4v) is 2.75. The minimum absolute atomic E-state index is 0.0352. The van der Waals surface area contributed by atoms with Crippen molar-refractivity contribution in [1.29, 1.82) is 0 Å². The second-order valence-electron chi connectivity index (χ2n) is 5.34. The van der Waals surface area contributed by atoms with Crippen molar-refractivity contribution in [2.75, 3.05) is 18.0 Å². The molecule has 1 aromatic rings. The number of nitrogens with two attached hydrogens (primary N) is 1. The Kier molecular flexibility index (Phi) is 2.14. The van der Waals surface area contributed by atoms with Crippen molar-refractivity contribution >= 4 is 5.82 Å². The molecule has 2 heterocycles. The van der Waals surface area contributed by atoms with Gasteiger partial charge in [-0.05, 0) is 32.6 Å². The maximum absolute atomic E-state index is 6.04. The first-order valence-corrected chi connectivity index (χ1v) is 6.02. The Bertz CT molecular complexity index is 405. The summed E-state index contributed by atoms with van der Waals surface area (Å²) in [5.41, 5.74) is 8.62. The van der Waals surface area contributed by atoms with E-state index in [1.54, 1.807) is 6.33 Å². The molecule has 1 aromatic heterocycles. The fraction of sp³-hybridized carbons (Fsp3) is 0.667. The van der Waals surface area contributed by atoms with Crippen LogP contribution in [0.3, 0.4) is 0 Å². The van der Waals surface area contributed by atoms with Crippen LogP contribution in [0.15, 0.2) is 6.33 Å². The van der Waals surface area contributed by atoms with E-state index < -0.39 is 0 Å². The summed E-state index contributed by atoms with van der Waals surface area (Å²) >= 11 is 0. The minimum atomic E-state index is -0.0352. The van der Waals surface area contributed by atoms with Gasteiger partial charge in [-0.1, -0.05) is 0 Å². The summed E-state index contributed by atoms with van der Waals surface area (Å²) in [5.74, 6) is 1.13. The number of anilines is 1. The van der Waals surface area contributed by atoms with Gasteiger partial charge in [0.2, 0.25) is 0 Å². The third-order valence-electron chi connectivity index (χ3n) is 3.51. The van der Waals surface area contributed by atoms with Crippen molar-refractivity contribution < 1.29 is 0 Å². The van der Waals surface area contributed by atoms with Gasteiger partial charge in [0.1, 0.15) is 12.1 Å². The van der Waals surface area contributed by atoms with Crippen LogP contribution in [0.5, 0.6) is 0 Å². The summed E-state index contributed by atoms with van der Waals surface area (Å²) < 4.78 is 0. The third-order valence-corrected chi connectivity index (χ3v) is 3.51. The lowest BCUT2D eigenvalue weighted by Crippen LogP contribution is -2.66. The van der Waals surface area contributed by atoms with Gasteiger partial charge in [0.25, 0.3) is 0 Å². The van der Waals surface area contributed by atoms with Gasteiger partial charge >= 0.3 is 0 Å². The van der Waals surface area contributed by atoms with Gasteiger partial charge in [-0.15, -0.1) is 0 Å². The van der Waals surface area contributed by atoms with Crippen LogP contribution in [0.2, 0.25) is 0 Å². The van der Waals surface area contributed by atoms with Crippen LogP contribution in [-0.4, -0.2) is 28.6 Å². The summed E-state index contributed by atoms with van der Waals surface area (Å²) in [6.07, 6.45) is 6.46. The van der Waals surface area contributed by atoms with E-state index in [4.69, 9.17) is 5.73 Å². The van der Waals surface area contributed by atoms with Crippen molar-refractivity contribution in [3.05, 3.63) is 17.6 Å². The Morgan fingerprint density at radius 2 is 2.00 bits per heavy atom. The molecule has 0 aromatic carbocycles. The second kappa shape index (κ2) is 3.42. The number of nitrogens with zero attached hydrogens (tertiary/aromatic N) is 3. The third kappa shape index (κ3) is 1.57. The van der Waals surface area contributed by atoms with Gasteiger partial charge in [0.15, 0.2) is 0 Å². The monoisotopic (exact) mass is 218 g/mol. The van der Waals surface area contributed by atoms with E-state index in [0.717, 1.165) is 31.7 Å².